The summed E-state index contributed by atoms with van der Waals surface area (Å²) >= 11 is 0. The second-order valence-corrected chi connectivity index (χ2v) is 8.69. The molecule has 0 radical (unpaired) electrons. The van der Waals surface area contributed by atoms with Crippen LogP contribution in [-0.2, 0) is 0 Å². The number of anilines is 2. The Balaban J connectivity index is 2.15. The molecule has 0 saturated heterocycles. The number of nitrogens with zero attached hydrogens (tertiary/aromatic N) is 2. The standard InChI is InChI=1S/C31H40N2O2/c1-9-11-25(15-17-27-19-21-29(33(5)6)23-31(27)35-8)13-10-12-24(2)14-16-26-18-20-28(32(3)4)22-30(26)34-7/h10-23H,9H2,1-8H3/b13-10-,16-14+,17-15+,24-12+,25-11-. The lowest BCUT2D eigenvalue weighted by Gasteiger charge is -2.14. The predicted octanol–water partition coefficient (Wildman–Crippen LogP) is 7.40. The Morgan fingerprint density at radius 1 is 0.771 bits per heavy atom. The highest BCUT2D eigenvalue weighted by molar-refractivity contribution is 5.66. The van der Waals surface area contributed by atoms with E-state index in [1.54, 1.807) is 14.2 Å². The molecule has 0 aromatic heterocycles. The van der Waals surface area contributed by atoms with Gasteiger partial charge in [-0.05, 0) is 43.2 Å². The van der Waals surface area contributed by atoms with Gasteiger partial charge < -0.3 is 19.3 Å². The molecule has 0 spiro atoms. The van der Waals surface area contributed by atoms with Crippen molar-refractivity contribution in [2.45, 2.75) is 20.3 Å². The molecule has 0 saturated carbocycles. The molecule has 0 aliphatic rings. The van der Waals surface area contributed by atoms with E-state index in [9.17, 15) is 0 Å². The topological polar surface area (TPSA) is 24.9 Å². The van der Waals surface area contributed by atoms with E-state index < -0.39 is 0 Å². The average molecular weight is 473 g/mol. The fourth-order valence-electron chi connectivity index (χ4n) is 3.43. The molecule has 186 valence electrons. The van der Waals surface area contributed by atoms with Gasteiger partial charge in [-0.1, -0.05) is 61.1 Å². The SMILES string of the molecule is CC/C=C(/C=C\C=C(C)\C=C\c1ccc(N(C)C)cc1OC)\C=C\c1ccc(N(C)C)cc1OC. The molecule has 0 fully saturated rings. The quantitative estimate of drug-likeness (QED) is 0.318. The Hall–Kier alpha value is -3.66. The summed E-state index contributed by atoms with van der Waals surface area (Å²) in [5, 5.41) is 0. The molecule has 2 rings (SSSR count). The number of ether oxygens (including phenoxy) is 2. The first kappa shape index (κ1) is 27.6. The van der Waals surface area contributed by atoms with Gasteiger partial charge in [-0.3, -0.25) is 0 Å². The summed E-state index contributed by atoms with van der Waals surface area (Å²) < 4.78 is 11.2. The van der Waals surface area contributed by atoms with Gasteiger partial charge in [0.05, 0.1) is 14.2 Å². The Labute approximate surface area is 212 Å². The summed E-state index contributed by atoms with van der Waals surface area (Å²) in [7, 11) is 11.5. The minimum Gasteiger partial charge on any atom is -0.496 e. The minimum atomic E-state index is 0.863. The van der Waals surface area contributed by atoms with Crippen molar-refractivity contribution in [1.82, 2.24) is 0 Å². The van der Waals surface area contributed by atoms with Crippen molar-refractivity contribution in [2.24, 2.45) is 0 Å². The van der Waals surface area contributed by atoms with Crippen molar-refractivity contribution in [2.75, 3.05) is 52.2 Å². The van der Waals surface area contributed by atoms with Crippen molar-refractivity contribution in [1.29, 1.82) is 0 Å². The van der Waals surface area contributed by atoms with Gasteiger partial charge in [0, 0.05) is 62.8 Å². The molecule has 4 nitrogen and oxygen atoms in total. The molecule has 2 aromatic rings. The number of methoxy groups -OCH3 is 2. The summed E-state index contributed by atoms with van der Waals surface area (Å²) in [6.45, 7) is 4.24. The molecular weight excluding hydrogens is 432 g/mol. The van der Waals surface area contributed by atoms with Crippen molar-refractivity contribution in [3.05, 3.63) is 95.1 Å². The van der Waals surface area contributed by atoms with Crippen LogP contribution in [0, 0.1) is 0 Å². The number of allylic oxidation sites excluding steroid dienone is 8. The van der Waals surface area contributed by atoms with Crippen LogP contribution in [0.25, 0.3) is 12.2 Å². The number of hydrogen-bond acceptors (Lipinski definition) is 4. The van der Waals surface area contributed by atoms with Crippen LogP contribution in [0.1, 0.15) is 31.4 Å². The van der Waals surface area contributed by atoms with Crippen molar-refractivity contribution in [3.8, 4) is 11.5 Å². The fourth-order valence-corrected chi connectivity index (χ4v) is 3.43. The zero-order valence-corrected chi connectivity index (χ0v) is 22.5. The molecule has 0 amide bonds. The lowest BCUT2D eigenvalue weighted by Crippen LogP contribution is -2.08. The molecule has 2 aromatic carbocycles. The van der Waals surface area contributed by atoms with Crippen LogP contribution in [0.4, 0.5) is 11.4 Å². The molecule has 0 bridgehead atoms. The fraction of sp³-hybridized carbons (Fsp3) is 0.290. The number of hydrogen-bond donors (Lipinski definition) is 0. The lowest BCUT2D eigenvalue weighted by atomic mass is 10.1. The van der Waals surface area contributed by atoms with Crippen molar-refractivity contribution < 1.29 is 9.47 Å². The summed E-state index contributed by atoms with van der Waals surface area (Å²) in [5.74, 6) is 1.73. The molecule has 4 heteroatoms. The maximum Gasteiger partial charge on any atom is 0.128 e. The van der Waals surface area contributed by atoms with Crippen LogP contribution < -0.4 is 19.3 Å². The van der Waals surface area contributed by atoms with E-state index in [1.807, 2.05) is 28.2 Å². The van der Waals surface area contributed by atoms with Crippen LogP contribution in [0.15, 0.2) is 84.0 Å². The lowest BCUT2D eigenvalue weighted by molar-refractivity contribution is 0.414. The van der Waals surface area contributed by atoms with E-state index in [0.717, 1.165) is 51.6 Å². The first-order valence-corrected chi connectivity index (χ1v) is 11.9. The molecular formula is C31H40N2O2. The Kier molecular flexibility index (Phi) is 11.0. The molecule has 0 aliphatic heterocycles. The second kappa shape index (κ2) is 13.9. The van der Waals surface area contributed by atoms with Gasteiger partial charge in [-0.25, -0.2) is 0 Å². The highest BCUT2D eigenvalue weighted by atomic mass is 16.5. The van der Waals surface area contributed by atoms with Gasteiger partial charge in [-0.15, -0.1) is 0 Å². The summed E-state index contributed by atoms with van der Waals surface area (Å²) in [6, 6.07) is 12.5. The largest absolute Gasteiger partial charge is 0.496 e. The van der Waals surface area contributed by atoms with Crippen LogP contribution in [0.5, 0.6) is 11.5 Å². The van der Waals surface area contributed by atoms with E-state index in [4.69, 9.17) is 9.47 Å². The smallest absolute Gasteiger partial charge is 0.128 e. The third-order valence-electron chi connectivity index (χ3n) is 5.54. The van der Waals surface area contributed by atoms with E-state index in [2.05, 4.69) is 109 Å². The minimum absolute atomic E-state index is 0.863. The third kappa shape index (κ3) is 8.56. The molecule has 35 heavy (non-hydrogen) atoms. The van der Waals surface area contributed by atoms with Crippen LogP contribution >= 0.6 is 0 Å². The summed E-state index contributed by atoms with van der Waals surface area (Å²) in [6.07, 6.45) is 17.9. The van der Waals surface area contributed by atoms with Gasteiger partial charge >= 0.3 is 0 Å². The van der Waals surface area contributed by atoms with E-state index in [0.29, 0.717) is 0 Å². The highest BCUT2D eigenvalue weighted by Gasteiger charge is 2.04. The van der Waals surface area contributed by atoms with Crippen molar-refractivity contribution in [3.63, 3.8) is 0 Å². The van der Waals surface area contributed by atoms with Crippen LogP contribution in [-0.4, -0.2) is 42.4 Å². The van der Waals surface area contributed by atoms with Gasteiger partial charge in [0.1, 0.15) is 11.5 Å². The van der Waals surface area contributed by atoms with E-state index >= 15 is 0 Å². The first-order chi connectivity index (χ1) is 16.8. The first-order valence-electron chi connectivity index (χ1n) is 11.9. The number of benzene rings is 2. The number of rotatable bonds is 11. The van der Waals surface area contributed by atoms with E-state index in [-0.39, 0.29) is 0 Å². The van der Waals surface area contributed by atoms with Crippen molar-refractivity contribution >= 4 is 23.5 Å². The Bertz CT molecular complexity index is 1120. The predicted molar refractivity (Wildman–Crippen MR) is 154 cm³/mol. The molecule has 0 heterocycles. The molecule has 0 aliphatic carbocycles. The van der Waals surface area contributed by atoms with Crippen LogP contribution in [0.2, 0.25) is 0 Å². The van der Waals surface area contributed by atoms with Gasteiger partial charge in [-0.2, -0.15) is 0 Å². The Morgan fingerprint density at radius 2 is 1.29 bits per heavy atom. The Morgan fingerprint density at radius 3 is 1.74 bits per heavy atom. The summed E-state index contributed by atoms with van der Waals surface area (Å²) in [4.78, 5) is 4.13. The normalized spacial score (nSPS) is 12.7. The average Bonchev–Trinajstić information content (AvgIpc) is 2.85. The van der Waals surface area contributed by atoms with Crippen LogP contribution in [0.3, 0.4) is 0 Å². The van der Waals surface area contributed by atoms with E-state index in [1.165, 1.54) is 0 Å². The second-order valence-electron chi connectivity index (χ2n) is 8.69. The zero-order valence-electron chi connectivity index (χ0n) is 22.5. The van der Waals surface area contributed by atoms with Gasteiger partial charge in [0.2, 0.25) is 0 Å². The molecule has 0 atom stereocenters. The van der Waals surface area contributed by atoms with Gasteiger partial charge in [0.15, 0.2) is 0 Å². The molecule has 0 N–H and O–H groups in total. The highest BCUT2D eigenvalue weighted by Crippen LogP contribution is 2.27. The van der Waals surface area contributed by atoms with Gasteiger partial charge in [0.25, 0.3) is 0 Å². The zero-order chi connectivity index (χ0) is 25.8. The monoisotopic (exact) mass is 472 g/mol. The maximum atomic E-state index is 5.60. The molecule has 0 unspecified atom stereocenters. The third-order valence-corrected chi connectivity index (χ3v) is 5.54. The summed E-state index contributed by atoms with van der Waals surface area (Å²) in [5.41, 5.74) is 6.64. The maximum absolute atomic E-state index is 5.60.